The number of thioether (sulfide) groups is 1. The Morgan fingerprint density at radius 3 is 1.29 bits per heavy atom. The summed E-state index contributed by atoms with van der Waals surface area (Å²) in [5.74, 6) is 0.433. The second kappa shape index (κ2) is 35.8. The molecule has 0 radical (unpaired) electrons. The maximum atomic E-state index is 12.5. The van der Waals surface area contributed by atoms with E-state index in [1.54, 1.807) is 0 Å². The lowest BCUT2D eigenvalue weighted by Gasteiger charge is -2.18. The molecule has 45 heavy (non-hydrogen) atoms. The minimum absolute atomic E-state index is 0.0605. The van der Waals surface area contributed by atoms with Crippen molar-refractivity contribution < 1.29 is 23.9 Å². The highest BCUT2D eigenvalue weighted by atomic mass is 32.2. The molecule has 0 amide bonds. The fourth-order valence-corrected chi connectivity index (χ4v) is 6.48. The van der Waals surface area contributed by atoms with Crippen molar-refractivity contribution in [2.45, 2.75) is 206 Å². The van der Waals surface area contributed by atoms with Gasteiger partial charge in [-0.25, -0.2) is 0 Å². The molecule has 0 saturated carbocycles. The molecule has 0 saturated heterocycles. The van der Waals surface area contributed by atoms with E-state index in [-0.39, 0.29) is 18.5 Å². The second-order valence-electron chi connectivity index (χ2n) is 13.1. The van der Waals surface area contributed by atoms with Gasteiger partial charge in [-0.2, -0.15) is 11.8 Å². The molecule has 6 nitrogen and oxygen atoms in total. The highest BCUT2D eigenvalue weighted by molar-refractivity contribution is 7.99. The number of hydrogen-bond acceptors (Lipinski definition) is 7. The molecule has 266 valence electrons. The smallest absolute Gasteiger partial charge is 0.306 e. The summed E-state index contributed by atoms with van der Waals surface area (Å²) in [6, 6.07) is -0.546. The molecule has 0 aliphatic heterocycles. The Kier molecular flexibility index (Phi) is 34.9. The molecule has 0 heterocycles. The topological polar surface area (TPSA) is 95.7 Å². The molecule has 0 aromatic carbocycles. The lowest BCUT2D eigenvalue weighted by molar-refractivity contribution is -0.157. The highest BCUT2D eigenvalue weighted by Crippen LogP contribution is 2.16. The number of esters is 2. The van der Waals surface area contributed by atoms with Crippen LogP contribution >= 0.6 is 11.8 Å². The van der Waals surface area contributed by atoms with Crippen molar-refractivity contribution in [2.75, 3.05) is 18.1 Å². The zero-order chi connectivity index (χ0) is 33.1. The van der Waals surface area contributed by atoms with E-state index in [2.05, 4.69) is 13.8 Å². The first kappa shape index (κ1) is 43.9. The summed E-state index contributed by atoms with van der Waals surface area (Å²) in [6.45, 7) is 4.58. The minimum Gasteiger partial charge on any atom is -0.462 e. The summed E-state index contributed by atoms with van der Waals surface area (Å²) in [5.41, 5.74) is 5.70. The number of rotatable bonds is 36. The number of carbonyl (C=O) groups excluding carboxylic acids is 3. The summed E-state index contributed by atoms with van der Waals surface area (Å²) in [7, 11) is 0. The van der Waals surface area contributed by atoms with E-state index in [0.717, 1.165) is 44.8 Å². The van der Waals surface area contributed by atoms with Gasteiger partial charge in [-0.3, -0.25) is 9.59 Å². The van der Waals surface area contributed by atoms with Crippen molar-refractivity contribution in [3.63, 3.8) is 0 Å². The van der Waals surface area contributed by atoms with Crippen molar-refractivity contribution in [3.05, 3.63) is 0 Å². The highest BCUT2D eigenvalue weighted by Gasteiger charge is 2.18. The van der Waals surface area contributed by atoms with Gasteiger partial charge in [-0.1, -0.05) is 168 Å². The zero-order valence-electron chi connectivity index (χ0n) is 29.7. The van der Waals surface area contributed by atoms with E-state index in [0.29, 0.717) is 24.3 Å². The molecule has 0 spiro atoms. The minimum atomic E-state index is -0.546. The van der Waals surface area contributed by atoms with E-state index in [1.807, 2.05) is 0 Å². The fraction of sp³-hybridized carbons (Fsp3) is 0.921. The van der Waals surface area contributed by atoms with Crippen LogP contribution in [-0.4, -0.2) is 48.5 Å². The van der Waals surface area contributed by atoms with E-state index >= 15 is 0 Å². The monoisotopic (exact) mass is 656 g/mol. The van der Waals surface area contributed by atoms with Gasteiger partial charge in [0.2, 0.25) is 0 Å². The lowest BCUT2D eigenvalue weighted by Crippen LogP contribution is -2.29. The van der Waals surface area contributed by atoms with Crippen LogP contribution in [0.25, 0.3) is 0 Å². The third-order valence-corrected chi connectivity index (χ3v) is 9.71. The first-order valence-corrected chi connectivity index (χ1v) is 20.3. The molecular formula is C38H73NO5S. The average molecular weight is 656 g/mol. The van der Waals surface area contributed by atoms with Gasteiger partial charge >= 0.3 is 11.9 Å². The Bertz CT molecular complexity index is 662. The van der Waals surface area contributed by atoms with Crippen molar-refractivity contribution in [2.24, 2.45) is 5.73 Å². The summed E-state index contributed by atoms with van der Waals surface area (Å²) < 4.78 is 11.2. The number of ether oxygens (including phenoxy) is 2. The SMILES string of the molecule is CCCCCCCCCCCCCCCC(=O)OC[C@@H](CSC[C@H](N)C=O)OC(=O)CCCCCCCCCCCCCCC. The zero-order valence-corrected chi connectivity index (χ0v) is 30.5. The van der Waals surface area contributed by atoms with Crippen molar-refractivity contribution >= 4 is 30.0 Å². The fourth-order valence-electron chi connectivity index (χ4n) is 5.57. The molecule has 0 bridgehead atoms. The largest absolute Gasteiger partial charge is 0.462 e. The van der Waals surface area contributed by atoms with Crippen LogP contribution in [0, 0.1) is 0 Å². The second-order valence-corrected chi connectivity index (χ2v) is 14.2. The van der Waals surface area contributed by atoms with Gasteiger partial charge in [0.15, 0.2) is 0 Å². The molecule has 0 aliphatic carbocycles. The van der Waals surface area contributed by atoms with Crippen LogP contribution in [0.1, 0.15) is 194 Å². The summed E-state index contributed by atoms with van der Waals surface area (Å²) >= 11 is 1.45. The standard InChI is InChI=1S/C38H73NO5S/c1-3-5-7-9-11-13-15-17-19-21-23-25-27-29-37(41)43-32-36(34-45-33-35(39)31-40)44-38(42)30-28-26-24-22-20-18-16-14-12-10-8-6-4-2/h31,35-36H,3-30,32-34,39H2,1-2H3/t35-,36+/m1/s1. The Hall–Kier alpha value is -1.08. The van der Waals surface area contributed by atoms with Gasteiger partial charge < -0.3 is 20.0 Å². The molecule has 2 N–H and O–H groups in total. The van der Waals surface area contributed by atoms with Gasteiger partial charge in [0.05, 0.1) is 6.04 Å². The molecule has 0 aromatic heterocycles. The van der Waals surface area contributed by atoms with E-state index in [1.165, 1.54) is 140 Å². The maximum absolute atomic E-state index is 12.5. The molecule has 0 rings (SSSR count). The average Bonchev–Trinajstić information content (AvgIpc) is 3.04. The van der Waals surface area contributed by atoms with Gasteiger partial charge in [0.1, 0.15) is 19.0 Å². The number of unbranched alkanes of at least 4 members (excludes halogenated alkanes) is 24. The van der Waals surface area contributed by atoms with Crippen molar-refractivity contribution in [1.29, 1.82) is 0 Å². The van der Waals surface area contributed by atoms with Crippen LogP contribution < -0.4 is 5.73 Å². The summed E-state index contributed by atoms with van der Waals surface area (Å²) in [6.07, 6.45) is 33.9. The number of carbonyl (C=O) groups is 3. The van der Waals surface area contributed by atoms with Crippen LogP contribution in [0.3, 0.4) is 0 Å². The third kappa shape index (κ3) is 34.1. The predicted octanol–water partition coefficient (Wildman–Crippen LogP) is 10.7. The number of aldehydes is 1. The third-order valence-electron chi connectivity index (χ3n) is 8.49. The summed E-state index contributed by atoms with van der Waals surface area (Å²) in [4.78, 5) is 35.7. The lowest BCUT2D eigenvalue weighted by atomic mass is 10.0. The molecule has 0 fully saturated rings. The van der Waals surface area contributed by atoms with Gasteiger partial charge in [-0.05, 0) is 12.8 Å². The van der Waals surface area contributed by atoms with Crippen LogP contribution in [0.4, 0.5) is 0 Å². The first-order chi connectivity index (χ1) is 22.0. The van der Waals surface area contributed by atoms with Crippen LogP contribution in [-0.2, 0) is 23.9 Å². The van der Waals surface area contributed by atoms with Gasteiger partial charge in [0, 0.05) is 24.3 Å². The quantitative estimate of drug-likeness (QED) is 0.0407. The van der Waals surface area contributed by atoms with Crippen LogP contribution in [0.15, 0.2) is 0 Å². The molecular weight excluding hydrogens is 582 g/mol. The van der Waals surface area contributed by atoms with Gasteiger partial charge in [0.25, 0.3) is 0 Å². The Balaban J connectivity index is 3.98. The van der Waals surface area contributed by atoms with Crippen molar-refractivity contribution in [1.82, 2.24) is 0 Å². The Morgan fingerprint density at radius 2 is 0.911 bits per heavy atom. The molecule has 0 aliphatic rings. The molecule has 2 atom stereocenters. The Morgan fingerprint density at radius 1 is 0.556 bits per heavy atom. The van der Waals surface area contributed by atoms with Crippen LogP contribution in [0.2, 0.25) is 0 Å². The van der Waals surface area contributed by atoms with E-state index < -0.39 is 12.1 Å². The summed E-state index contributed by atoms with van der Waals surface area (Å²) in [5, 5.41) is 0. The normalized spacial score (nSPS) is 12.6. The Labute approximate surface area is 282 Å². The predicted molar refractivity (Wildman–Crippen MR) is 193 cm³/mol. The van der Waals surface area contributed by atoms with E-state index in [4.69, 9.17) is 15.2 Å². The number of nitrogens with two attached hydrogens (primary N) is 1. The number of hydrogen-bond donors (Lipinski definition) is 1. The van der Waals surface area contributed by atoms with Gasteiger partial charge in [-0.15, -0.1) is 0 Å². The molecule has 7 heteroatoms. The molecule has 0 aromatic rings. The van der Waals surface area contributed by atoms with E-state index in [9.17, 15) is 14.4 Å². The van der Waals surface area contributed by atoms with Crippen molar-refractivity contribution in [3.8, 4) is 0 Å². The first-order valence-electron chi connectivity index (χ1n) is 19.2. The molecule has 0 unspecified atom stereocenters. The maximum Gasteiger partial charge on any atom is 0.306 e. The van der Waals surface area contributed by atoms with Crippen LogP contribution in [0.5, 0.6) is 0 Å².